The molecule has 2 aromatic carbocycles. The Kier molecular flexibility index (Phi) is 5.48. The molecule has 0 atom stereocenters. The fourth-order valence-electron chi connectivity index (χ4n) is 3.99. The number of hydrogen-bond donors (Lipinski definition) is 2. The zero-order valence-corrected chi connectivity index (χ0v) is 19.5. The number of fused-ring (bicyclic) bond motifs is 2. The molecule has 0 spiro atoms. The molecule has 0 aliphatic carbocycles. The van der Waals surface area contributed by atoms with Gasteiger partial charge in [0.1, 0.15) is 16.9 Å². The Bertz CT molecular complexity index is 1810. The van der Waals surface area contributed by atoms with Gasteiger partial charge < -0.3 is 19.5 Å². The highest BCUT2D eigenvalue weighted by molar-refractivity contribution is 6.08. The third-order valence-electron chi connectivity index (χ3n) is 5.76. The fraction of sp³-hybridized carbons (Fsp3) is 0.115. The zero-order chi connectivity index (χ0) is 25.6. The number of benzene rings is 2. The van der Waals surface area contributed by atoms with Crippen LogP contribution in [0.5, 0.6) is 0 Å². The first-order valence-electron chi connectivity index (χ1n) is 10.9. The van der Waals surface area contributed by atoms with E-state index in [4.69, 9.17) is 8.83 Å². The van der Waals surface area contributed by atoms with Gasteiger partial charge in [0, 0.05) is 59.5 Å². The molecule has 2 N–H and O–H groups in total. The van der Waals surface area contributed by atoms with Crippen LogP contribution in [-0.4, -0.2) is 21.6 Å². The number of aromatic nitrogens is 2. The van der Waals surface area contributed by atoms with E-state index >= 15 is 0 Å². The van der Waals surface area contributed by atoms with Crippen LogP contribution >= 0.6 is 0 Å². The maximum absolute atomic E-state index is 12.9. The average Bonchev–Trinajstić information content (AvgIpc) is 3.20. The van der Waals surface area contributed by atoms with E-state index in [-0.39, 0.29) is 11.4 Å². The normalized spacial score (nSPS) is 11.1. The zero-order valence-electron chi connectivity index (χ0n) is 19.5. The van der Waals surface area contributed by atoms with E-state index in [0.717, 1.165) is 21.9 Å². The van der Waals surface area contributed by atoms with Crippen LogP contribution in [0.4, 0.5) is 11.4 Å². The number of hydrogen-bond acceptors (Lipinski definition) is 7. The summed E-state index contributed by atoms with van der Waals surface area (Å²) in [7, 11) is 1.54. The average molecular weight is 484 g/mol. The maximum Gasteiger partial charge on any atom is 0.336 e. The minimum absolute atomic E-state index is 0.0218. The summed E-state index contributed by atoms with van der Waals surface area (Å²) in [6.45, 7) is 3.60. The molecule has 0 radical (unpaired) electrons. The van der Waals surface area contributed by atoms with Crippen molar-refractivity contribution in [2.24, 2.45) is 7.05 Å². The summed E-state index contributed by atoms with van der Waals surface area (Å²) < 4.78 is 11.7. The third kappa shape index (κ3) is 4.27. The first kappa shape index (κ1) is 22.8. The van der Waals surface area contributed by atoms with Gasteiger partial charge >= 0.3 is 11.3 Å². The lowest BCUT2D eigenvalue weighted by Gasteiger charge is -2.07. The molecule has 0 unspecified atom stereocenters. The van der Waals surface area contributed by atoms with Crippen molar-refractivity contribution in [3.8, 4) is 0 Å². The Morgan fingerprint density at radius 3 is 1.78 bits per heavy atom. The van der Waals surface area contributed by atoms with E-state index in [0.29, 0.717) is 22.5 Å². The molecular weight excluding hydrogens is 464 g/mol. The Balaban J connectivity index is 1.36. The van der Waals surface area contributed by atoms with Crippen LogP contribution < -0.4 is 21.9 Å². The summed E-state index contributed by atoms with van der Waals surface area (Å²) in [5, 5.41) is 11.1. The maximum atomic E-state index is 12.9. The van der Waals surface area contributed by atoms with Gasteiger partial charge in [-0.1, -0.05) is 0 Å². The summed E-state index contributed by atoms with van der Waals surface area (Å²) in [6.07, 6.45) is 0. The van der Waals surface area contributed by atoms with Gasteiger partial charge in [0.2, 0.25) is 0 Å². The van der Waals surface area contributed by atoms with E-state index in [1.54, 1.807) is 57.3 Å². The van der Waals surface area contributed by atoms with Crippen molar-refractivity contribution in [1.29, 1.82) is 0 Å². The molecule has 10 heteroatoms. The highest BCUT2D eigenvalue weighted by Crippen LogP contribution is 2.23. The molecule has 5 aromatic rings. The van der Waals surface area contributed by atoms with Crippen LogP contribution in [0.1, 0.15) is 32.1 Å². The summed E-state index contributed by atoms with van der Waals surface area (Å²) >= 11 is 0. The first-order valence-corrected chi connectivity index (χ1v) is 10.9. The van der Waals surface area contributed by atoms with Crippen LogP contribution in [0, 0.1) is 13.8 Å². The largest absolute Gasteiger partial charge is 0.423 e. The molecule has 36 heavy (non-hydrogen) atoms. The number of rotatable bonds is 4. The quantitative estimate of drug-likeness (QED) is 0.371. The predicted octanol–water partition coefficient (Wildman–Crippen LogP) is 3.75. The van der Waals surface area contributed by atoms with Gasteiger partial charge in [0.05, 0.1) is 0 Å². The summed E-state index contributed by atoms with van der Waals surface area (Å²) in [5.74, 6) is -1.04. The van der Waals surface area contributed by atoms with Gasteiger partial charge in [-0.15, -0.1) is 0 Å². The minimum Gasteiger partial charge on any atom is -0.423 e. The number of carbonyl (C=O) groups excluding carboxylic acids is 2. The summed E-state index contributed by atoms with van der Waals surface area (Å²) in [6, 6.07) is 14.1. The lowest BCUT2D eigenvalue weighted by Crippen LogP contribution is -2.16. The smallest absolute Gasteiger partial charge is 0.336 e. The van der Waals surface area contributed by atoms with E-state index in [9.17, 15) is 19.2 Å². The number of aryl methyl sites for hydroxylation is 3. The number of amides is 2. The molecule has 180 valence electrons. The van der Waals surface area contributed by atoms with Crippen molar-refractivity contribution >= 4 is 45.1 Å². The minimum atomic E-state index is -0.540. The fourth-order valence-corrected chi connectivity index (χ4v) is 3.99. The molecule has 0 bridgehead atoms. The van der Waals surface area contributed by atoms with E-state index in [1.807, 2.05) is 0 Å². The van der Waals surface area contributed by atoms with E-state index < -0.39 is 23.1 Å². The van der Waals surface area contributed by atoms with Crippen LogP contribution in [0.15, 0.2) is 73.0 Å². The molecule has 5 rings (SSSR count). The van der Waals surface area contributed by atoms with Gasteiger partial charge in [0.15, 0.2) is 5.69 Å². The van der Waals surface area contributed by atoms with Crippen molar-refractivity contribution in [3.05, 3.63) is 98.0 Å². The molecule has 0 fully saturated rings. The first-order chi connectivity index (χ1) is 17.2. The second-order valence-electron chi connectivity index (χ2n) is 8.37. The lowest BCUT2D eigenvalue weighted by atomic mass is 10.1. The number of anilines is 2. The second-order valence-corrected chi connectivity index (χ2v) is 8.37. The van der Waals surface area contributed by atoms with Gasteiger partial charge in [0.25, 0.3) is 11.8 Å². The molecule has 10 nitrogen and oxygen atoms in total. The van der Waals surface area contributed by atoms with Crippen molar-refractivity contribution in [1.82, 2.24) is 9.78 Å². The third-order valence-corrected chi connectivity index (χ3v) is 5.76. The molecule has 0 saturated heterocycles. The number of carbonyl (C=O) groups is 2. The standard InChI is InChI=1S/C26H20N4O6/c1-13-8-23(31)35-21-10-15(4-6-17(13)21)27-25(33)19-12-20(30(3)29-19)26(34)28-16-5-7-18-14(2)9-24(32)36-22(18)11-16/h4-12H,1-3H3,(H,27,33)(H,28,34). The number of nitrogens with one attached hydrogen (secondary N) is 2. The Labute approximate surface area is 203 Å². The Morgan fingerprint density at radius 2 is 1.25 bits per heavy atom. The molecule has 3 heterocycles. The molecule has 0 aliphatic heterocycles. The number of nitrogens with zero attached hydrogens (tertiary/aromatic N) is 2. The summed E-state index contributed by atoms with van der Waals surface area (Å²) in [5.41, 5.74) is 2.27. The van der Waals surface area contributed by atoms with Crippen LogP contribution in [0.25, 0.3) is 21.9 Å². The van der Waals surface area contributed by atoms with Crippen molar-refractivity contribution in [2.45, 2.75) is 13.8 Å². The molecule has 0 aliphatic rings. The molecule has 3 aromatic heterocycles. The Hall–Kier alpha value is -4.99. The van der Waals surface area contributed by atoms with Gasteiger partial charge in [-0.2, -0.15) is 5.10 Å². The lowest BCUT2D eigenvalue weighted by molar-refractivity contribution is 0.101. The topological polar surface area (TPSA) is 136 Å². The molecule has 2 amide bonds. The van der Waals surface area contributed by atoms with Crippen LogP contribution in [0.2, 0.25) is 0 Å². The summed E-state index contributed by atoms with van der Waals surface area (Å²) in [4.78, 5) is 49.0. The molecule has 0 saturated carbocycles. The SMILES string of the molecule is Cc1cc(=O)oc2cc(NC(=O)c3cc(C(=O)Nc4ccc5c(C)cc(=O)oc5c4)n(C)n3)ccc12. The highest BCUT2D eigenvalue weighted by Gasteiger charge is 2.19. The second kappa shape index (κ2) is 8.66. The van der Waals surface area contributed by atoms with E-state index in [2.05, 4.69) is 15.7 Å². The van der Waals surface area contributed by atoms with Crippen LogP contribution in [-0.2, 0) is 7.05 Å². The highest BCUT2D eigenvalue weighted by atomic mass is 16.4. The van der Waals surface area contributed by atoms with Crippen molar-refractivity contribution < 1.29 is 18.4 Å². The van der Waals surface area contributed by atoms with Crippen LogP contribution in [0.3, 0.4) is 0 Å². The van der Waals surface area contributed by atoms with Crippen molar-refractivity contribution in [3.63, 3.8) is 0 Å². The predicted molar refractivity (Wildman–Crippen MR) is 134 cm³/mol. The molecular formula is C26H20N4O6. The van der Waals surface area contributed by atoms with Gasteiger partial charge in [-0.25, -0.2) is 9.59 Å². The Morgan fingerprint density at radius 1 is 0.750 bits per heavy atom. The van der Waals surface area contributed by atoms with Gasteiger partial charge in [-0.3, -0.25) is 14.3 Å². The van der Waals surface area contributed by atoms with Gasteiger partial charge in [-0.05, 0) is 49.2 Å². The van der Waals surface area contributed by atoms with Crippen molar-refractivity contribution in [2.75, 3.05) is 10.6 Å². The monoisotopic (exact) mass is 484 g/mol. The van der Waals surface area contributed by atoms with E-state index in [1.165, 1.54) is 22.9 Å².